The van der Waals surface area contributed by atoms with Gasteiger partial charge >= 0.3 is 11.9 Å². The van der Waals surface area contributed by atoms with Gasteiger partial charge in [-0.2, -0.15) is 23.3 Å². The molecule has 13 heteroatoms. The molecule has 0 aliphatic carbocycles. The Morgan fingerprint density at radius 1 is 1.24 bits per heavy atom. The highest BCUT2D eigenvalue weighted by atomic mass is 35.5. The highest BCUT2D eigenvalue weighted by Gasteiger charge is 2.36. The molecule has 174 valence electrons. The van der Waals surface area contributed by atoms with Gasteiger partial charge in [0.2, 0.25) is 0 Å². The van der Waals surface area contributed by atoms with E-state index in [0.29, 0.717) is 36.0 Å². The van der Waals surface area contributed by atoms with Crippen LogP contribution in [0.4, 0.5) is 34.8 Å². The molecule has 0 atom stereocenters. The van der Waals surface area contributed by atoms with Gasteiger partial charge in [-0.1, -0.05) is 11.6 Å². The largest absolute Gasteiger partial charge is 0.418 e. The van der Waals surface area contributed by atoms with Crippen molar-refractivity contribution >= 4 is 28.8 Å². The number of hydrogen-bond acceptors (Lipinski definition) is 6. The first kappa shape index (κ1) is 22.8. The van der Waals surface area contributed by atoms with Crippen molar-refractivity contribution in [3.63, 3.8) is 0 Å². The van der Waals surface area contributed by atoms with Crippen LogP contribution in [0.25, 0.3) is 0 Å². The predicted octanol–water partition coefficient (Wildman–Crippen LogP) is 3.01. The summed E-state index contributed by atoms with van der Waals surface area (Å²) < 4.78 is 55.6. The molecule has 1 N–H and O–H groups in total. The SMILES string of the molecule is CN(c1ccc(F)cc1C(F)(F)F)c1nc(=O)n(C)c2c1CCN(c1cn[nH]c(=O)c1Cl)C2. The van der Waals surface area contributed by atoms with Crippen LogP contribution >= 0.6 is 11.6 Å². The number of H-pyrrole nitrogens is 1. The van der Waals surface area contributed by atoms with E-state index in [-0.39, 0.29) is 23.1 Å². The second kappa shape index (κ2) is 8.18. The lowest BCUT2D eigenvalue weighted by Crippen LogP contribution is -2.39. The van der Waals surface area contributed by atoms with Gasteiger partial charge in [-0.05, 0) is 24.6 Å². The smallest absolute Gasteiger partial charge is 0.363 e. The number of fused-ring (bicyclic) bond motifs is 1. The van der Waals surface area contributed by atoms with Crippen molar-refractivity contribution in [2.24, 2.45) is 7.05 Å². The summed E-state index contributed by atoms with van der Waals surface area (Å²) >= 11 is 6.11. The number of nitrogens with one attached hydrogen (secondary N) is 1. The third-order valence-corrected chi connectivity index (χ3v) is 5.91. The van der Waals surface area contributed by atoms with Crippen molar-refractivity contribution in [3.05, 3.63) is 72.9 Å². The lowest BCUT2D eigenvalue weighted by molar-refractivity contribution is -0.137. The molecule has 0 unspecified atom stereocenters. The number of aromatic nitrogens is 4. The van der Waals surface area contributed by atoms with Crippen LogP contribution in [0.3, 0.4) is 0 Å². The highest BCUT2D eigenvalue weighted by Crippen LogP contribution is 2.40. The number of halogens is 5. The Kier molecular flexibility index (Phi) is 5.64. The number of hydrogen-bond donors (Lipinski definition) is 1. The number of benzene rings is 1. The van der Waals surface area contributed by atoms with Crippen molar-refractivity contribution < 1.29 is 17.6 Å². The zero-order valence-electron chi connectivity index (χ0n) is 17.4. The predicted molar refractivity (Wildman–Crippen MR) is 114 cm³/mol. The minimum atomic E-state index is -4.81. The van der Waals surface area contributed by atoms with Gasteiger partial charge in [0, 0.05) is 31.9 Å². The average Bonchev–Trinajstić information content (AvgIpc) is 2.77. The Balaban J connectivity index is 1.82. The van der Waals surface area contributed by atoms with Gasteiger partial charge < -0.3 is 9.80 Å². The lowest BCUT2D eigenvalue weighted by Gasteiger charge is -2.34. The quantitative estimate of drug-likeness (QED) is 0.575. The van der Waals surface area contributed by atoms with Crippen molar-refractivity contribution in [3.8, 4) is 0 Å². The Labute approximate surface area is 189 Å². The van der Waals surface area contributed by atoms with E-state index in [9.17, 15) is 27.2 Å². The van der Waals surface area contributed by atoms with Gasteiger partial charge in [-0.25, -0.2) is 14.3 Å². The molecule has 8 nitrogen and oxygen atoms in total. The van der Waals surface area contributed by atoms with Crippen LogP contribution in [0.1, 0.15) is 16.8 Å². The Bertz CT molecular complexity index is 1350. The fraction of sp³-hybridized carbons (Fsp3) is 0.300. The number of nitrogens with zero attached hydrogens (tertiary/aromatic N) is 5. The number of rotatable bonds is 3. The molecule has 3 aromatic rings. The average molecular weight is 485 g/mol. The zero-order chi connectivity index (χ0) is 24.1. The molecule has 3 heterocycles. The molecular formula is C20H17ClF4N6O2. The molecular weight excluding hydrogens is 468 g/mol. The number of alkyl halides is 3. The molecule has 0 amide bonds. The van der Waals surface area contributed by atoms with Gasteiger partial charge in [0.15, 0.2) is 0 Å². The molecule has 0 saturated carbocycles. The van der Waals surface area contributed by atoms with Crippen LogP contribution < -0.4 is 21.0 Å². The number of anilines is 3. The molecule has 0 bridgehead atoms. The Morgan fingerprint density at radius 3 is 2.67 bits per heavy atom. The van der Waals surface area contributed by atoms with E-state index in [1.165, 1.54) is 24.9 Å². The summed E-state index contributed by atoms with van der Waals surface area (Å²) in [6.07, 6.45) is -3.14. The number of aromatic amines is 1. The fourth-order valence-corrected chi connectivity index (χ4v) is 4.07. The summed E-state index contributed by atoms with van der Waals surface area (Å²) in [5.41, 5.74) is -1.35. The van der Waals surface area contributed by atoms with Crippen LogP contribution in [0.5, 0.6) is 0 Å². The standard InChI is InChI=1S/C20H17ClF4N6O2/c1-29(13-4-3-10(22)7-12(13)20(23,24)25)17-11-5-6-31(9-15(11)30(2)19(33)27-17)14-8-26-28-18(32)16(14)21/h3-4,7-8H,5-6,9H2,1-2H3,(H,28,32). The normalized spacial score (nSPS) is 13.7. The minimum Gasteiger partial charge on any atom is -0.363 e. The summed E-state index contributed by atoms with van der Waals surface area (Å²) in [5, 5.41) is 5.92. The van der Waals surface area contributed by atoms with Gasteiger partial charge in [-0.15, -0.1) is 0 Å². The highest BCUT2D eigenvalue weighted by molar-refractivity contribution is 6.33. The van der Waals surface area contributed by atoms with Crippen molar-refractivity contribution in [1.82, 2.24) is 19.7 Å². The maximum Gasteiger partial charge on any atom is 0.418 e. The van der Waals surface area contributed by atoms with Crippen molar-refractivity contribution in [2.45, 2.75) is 19.1 Å². The molecule has 0 saturated heterocycles. The molecule has 0 fully saturated rings. The second-order valence-corrected chi connectivity index (χ2v) is 7.87. The van der Waals surface area contributed by atoms with Gasteiger partial charge in [-0.3, -0.25) is 9.36 Å². The van der Waals surface area contributed by atoms with E-state index in [2.05, 4.69) is 15.2 Å². The van der Waals surface area contributed by atoms with E-state index in [0.717, 1.165) is 17.0 Å². The summed E-state index contributed by atoms with van der Waals surface area (Å²) in [6.45, 7) is 0.485. The topological polar surface area (TPSA) is 87.1 Å². The zero-order valence-corrected chi connectivity index (χ0v) is 18.1. The lowest BCUT2D eigenvalue weighted by atomic mass is 10.0. The van der Waals surface area contributed by atoms with Gasteiger partial charge in [0.1, 0.15) is 16.7 Å². The van der Waals surface area contributed by atoms with Gasteiger partial charge in [0.05, 0.1) is 29.7 Å². The molecule has 1 aliphatic heterocycles. The molecule has 33 heavy (non-hydrogen) atoms. The van der Waals surface area contributed by atoms with Gasteiger partial charge in [0.25, 0.3) is 5.56 Å². The maximum absolute atomic E-state index is 13.6. The van der Waals surface area contributed by atoms with Crippen molar-refractivity contribution in [2.75, 3.05) is 23.4 Å². The third-order valence-electron chi connectivity index (χ3n) is 5.54. The summed E-state index contributed by atoms with van der Waals surface area (Å²) in [7, 11) is 2.84. The van der Waals surface area contributed by atoms with Crippen LogP contribution in [0.15, 0.2) is 34.0 Å². The Hall–Kier alpha value is -3.41. The first-order chi connectivity index (χ1) is 15.5. The van der Waals surface area contributed by atoms with Crippen LogP contribution in [-0.2, 0) is 26.2 Å². The van der Waals surface area contributed by atoms with E-state index >= 15 is 0 Å². The summed E-state index contributed by atoms with van der Waals surface area (Å²) in [4.78, 5) is 31.3. The molecule has 0 radical (unpaired) electrons. The minimum absolute atomic E-state index is 0.0417. The summed E-state index contributed by atoms with van der Waals surface area (Å²) in [6, 6.07) is 2.32. The summed E-state index contributed by atoms with van der Waals surface area (Å²) in [5.74, 6) is -0.989. The van der Waals surface area contributed by atoms with Crippen LogP contribution in [0.2, 0.25) is 5.02 Å². The second-order valence-electron chi connectivity index (χ2n) is 7.49. The van der Waals surface area contributed by atoms with E-state index < -0.39 is 28.8 Å². The Morgan fingerprint density at radius 2 is 1.97 bits per heavy atom. The first-order valence-corrected chi connectivity index (χ1v) is 10.0. The van der Waals surface area contributed by atoms with E-state index in [1.54, 1.807) is 4.90 Å². The maximum atomic E-state index is 13.6. The fourth-order valence-electron chi connectivity index (χ4n) is 3.86. The molecule has 2 aromatic heterocycles. The molecule has 1 aliphatic rings. The molecule has 4 rings (SSSR count). The van der Waals surface area contributed by atoms with Crippen LogP contribution in [0, 0.1) is 5.82 Å². The first-order valence-electron chi connectivity index (χ1n) is 9.66. The molecule has 1 aromatic carbocycles. The molecule has 0 spiro atoms. The van der Waals surface area contributed by atoms with Crippen molar-refractivity contribution in [1.29, 1.82) is 0 Å². The van der Waals surface area contributed by atoms with E-state index in [1.807, 2.05) is 0 Å². The van der Waals surface area contributed by atoms with Crippen LogP contribution in [-0.4, -0.2) is 33.3 Å². The van der Waals surface area contributed by atoms with E-state index in [4.69, 9.17) is 11.6 Å². The third kappa shape index (κ3) is 4.06. The monoisotopic (exact) mass is 484 g/mol.